The molecule has 0 aliphatic carbocycles. The lowest BCUT2D eigenvalue weighted by Crippen LogP contribution is -2.48. The standard InChI is InChI=1S/C17H26N2O2.ClH/c1-3-21-15-7-4-14(5-8-15)6-9-17(20)19-16-10-11-18-12-13(16)2;/h4-5,7-8,13,16,18H,3,6,9-12H2,1-2H3,(H,19,20);1H. The molecule has 1 aliphatic rings. The molecular formula is C17H27ClN2O2. The van der Waals surface area contributed by atoms with Crippen LogP contribution >= 0.6 is 12.4 Å². The van der Waals surface area contributed by atoms with Gasteiger partial charge in [0.25, 0.3) is 0 Å². The van der Waals surface area contributed by atoms with Gasteiger partial charge in [0.15, 0.2) is 0 Å². The summed E-state index contributed by atoms with van der Waals surface area (Å²) in [5.74, 6) is 1.55. The van der Waals surface area contributed by atoms with Crippen LogP contribution in [-0.4, -0.2) is 31.6 Å². The number of amides is 1. The monoisotopic (exact) mass is 326 g/mol. The zero-order valence-corrected chi connectivity index (χ0v) is 14.2. The van der Waals surface area contributed by atoms with Crippen molar-refractivity contribution in [2.45, 2.75) is 39.2 Å². The van der Waals surface area contributed by atoms with Crippen LogP contribution in [0.4, 0.5) is 0 Å². The number of hydrogen-bond donors (Lipinski definition) is 2. The molecule has 2 N–H and O–H groups in total. The van der Waals surface area contributed by atoms with E-state index in [1.165, 1.54) is 5.56 Å². The van der Waals surface area contributed by atoms with E-state index in [1.807, 2.05) is 31.2 Å². The Morgan fingerprint density at radius 3 is 2.73 bits per heavy atom. The van der Waals surface area contributed by atoms with E-state index in [0.29, 0.717) is 25.0 Å². The van der Waals surface area contributed by atoms with Crippen molar-refractivity contribution in [3.05, 3.63) is 29.8 Å². The van der Waals surface area contributed by atoms with E-state index < -0.39 is 0 Å². The molecule has 1 amide bonds. The van der Waals surface area contributed by atoms with Crippen molar-refractivity contribution in [2.24, 2.45) is 5.92 Å². The zero-order valence-electron chi connectivity index (χ0n) is 13.4. The van der Waals surface area contributed by atoms with Gasteiger partial charge < -0.3 is 15.4 Å². The molecule has 0 spiro atoms. The highest BCUT2D eigenvalue weighted by molar-refractivity contribution is 5.85. The van der Waals surface area contributed by atoms with Crippen molar-refractivity contribution in [3.8, 4) is 5.75 Å². The fourth-order valence-corrected chi connectivity index (χ4v) is 2.68. The van der Waals surface area contributed by atoms with Crippen LogP contribution < -0.4 is 15.4 Å². The van der Waals surface area contributed by atoms with Crippen LogP contribution in [-0.2, 0) is 11.2 Å². The van der Waals surface area contributed by atoms with Gasteiger partial charge in [0.1, 0.15) is 5.75 Å². The molecule has 0 radical (unpaired) electrons. The summed E-state index contributed by atoms with van der Waals surface area (Å²) >= 11 is 0. The molecule has 1 aliphatic heterocycles. The van der Waals surface area contributed by atoms with E-state index >= 15 is 0 Å². The number of rotatable bonds is 6. The van der Waals surface area contributed by atoms with Gasteiger partial charge in [-0.1, -0.05) is 19.1 Å². The van der Waals surface area contributed by atoms with Crippen LogP contribution in [0.5, 0.6) is 5.75 Å². The maximum absolute atomic E-state index is 12.0. The third-order valence-corrected chi connectivity index (χ3v) is 4.01. The smallest absolute Gasteiger partial charge is 0.220 e. The second-order valence-corrected chi connectivity index (χ2v) is 5.72. The maximum atomic E-state index is 12.0. The summed E-state index contributed by atoms with van der Waals surface area (Å²) in [6, 6.07) is 8.31. The third-order valence-electron chi connectivity index (χ3n) is 4.01. The highest BCUT2D eigenvalue weighted by Gasteiger charge is 2.22. The summed E-state index contributed by atoms with van der Waals surface area (Å²) in [6.45, 7) is 6.82. The van der Waals surface area contributed by atoms with Crippen LogP contribution in [0.2, 0.25) is 0 Å². The molecule has 124 valence electrons. The lowest BCUT2D eigenvalue weighted by molar-refractivity contribution is -0.122. The van der Waals surface area contributed by atoms with Crippen LogP contribution in [0.25, 0.3) is 0 Å². The summed E-state index contributed by atoms with van der Waals surface area (Å²) in [5, 5.41) is 6.51. The number of piperidine rings is 1. The van der Waals surface area contributed by atoms with Crippen LogP contribution in [0.3, 0.4) is 0 Å². The molecule has 22 heavy (non-hydrogen) atoms. The van der Waals surface area contributed by atoms with Gasteiger partial charge in [-0.15, -0.1) is 12.4 Å². The number of ether oxygens (including phenoxy) is 1. The minimum atomic E-state index is 0. The molecular weight excluding hydrogens is 300 g/mol. The molecule has 1 fully saturated rings. The Labute approximate surface area is 139 Å². The number of aryl methyl sites for hydroxylation is 1. The first-order chi connectivity index (χ1) is 10.2. The second-order valence-electron chi connectivity index (χ2n) is 5.72. The first-order valence-corrected chi connectivity index (χ1v) is 7.91. The van der Waals surface area contributed by atoms with Gasteiger partial charge in [0.2, 0.25) is 5.91 Å². The van der Waals surface area contributed by atoms with Crippen LogP contribution in [0.1, 0.15) is 32.3 Å². The van der Waals surface area contributed by atoms with Crippen LogP contribution in [0, 0.1) is 5.92 Å². The van der Waals surface area contributed by atoms with Gasteiger partial charge in [-0.05, 0) is 56.5 Å². The SMILES string of the molecule is CCOc1ccc(CCC(=O)NC2CCNCC2C)cc1.Cl. The molecule has 0 bridgehead atoms. The fourth-order valence-electron chi connectivity index (χ4n) is 2.68. The molecule has 2 unspecified atom stereocenters. The molecule has 2 rings (SSSR count). The Kier molecular flexibility index (Phi) is 8.28. The van der Waals surface area contributed by atoms with E-state index in [4.69, 9.17) is 4.74 Å². The third kappa shape index (κ3) is 5.85. The Hall–Kier alpha value is -1.26. The highest BCUT2D eigenvalue weighted by Crippen LogP contribution is 2.14. The molecule has 1 aromatic rings. The molecule has 1 heterocycles. The normalized spacial score (nSPS) is 20.8. The first-order valence-electron chi connectivity index (χ1n) is 7.91. The van der Waals surface area contributed by atoms with Gasteiger partial charge in [-0.2, -0.15) is 0 Å². The Balaban J connectivity index is 0.00000242. The molecule has 5 heteroatoms. The summed E-state index contributed by atoms with van der Waals surface area (Å²) in [5.41, 5.74) is 1.17. The van der Waals surface area contributed by atoms with Gasteiger partial charge in [0, 0.05) is 12.5 Å². The maximum Gasteiger partial charge on any atom is 0.220 e. The molecule has 1 aromatic carbocycles. The lowest BCUT2D eigenvalue weighted by Gasteiger charge is -2.30. The Morgan fingerprint density at radius 2 is 2.09 bits per heavy atom. The lowest BCUT2D eigenvalue weighted by atomic mass is 9.95. The quantitative estimate of drug-likeness (QED) is 0.844. The number of hydrogen-bond acceptors (Lipinski definition) is 3. The van der Waals surface area contributed by atoms with Gasteiger partial charge in [-0.25, -0.2) is 0 Å². The number of carbonyl (C=O) groups is 1. The van der Waals surface area contributed by atoms with Crippen molar-refractivity contribution in [1.29, 1.82) is 0 Å². The van der Waals surface area contributed by atoms with Gasteiger partial charge >= 0.3 is 0 Å². The van der Waals surface area contributed by atoms with E-state index in [-0.39, 0.29) is 18.3 Å². The van der Waals surface area contributed by atoms with E-state index in [2.05, 4.69) is 17.6 Å². The second kappa shape index (κ2) is 9.70. The zero-order chi connectivity index (χ0) is 15.1. The van der Waals surface area contributed by atoms with E-state index in [9.17, 15) is 4.79 Å². The van der Waals surface area contributed by atoms with Gasteiger partial charge in [-0.3, -0.25) is 4.79 Å². The molecule has 2 atom stereocenters. The summed E-state index contributed by atoms with van der Waals surface area (Å²) < 4.78 is 5.41. The summed E-state index contributed by atoms with van der Waals surface area (Å²) in [6.07, 6.45) is 2.35. The van der Waals surface area contributed by atoms with Crippen molar-refractivity contribution >= 4 is 18.3 Å². The largest absolute Gasteiger partial charge is 0.494 e. The minimum Gasteiger partial charge on any atom is -0.494 e. The van der Waals surface area contributed by atoms with E-state index in [0.717, 1.165) is 31.7 Å². The molecule has 4 nitrogen and oxygen atoms in total. The molecule has 0 saturated carbocycles. The number of benzene rings is 1. The average Bonchev–Trinajstić information content (AvgIpc) is 2.49. The fraction of sp³-hybridized carbons (Fsp3) is 0.588. The number of nitrogens with one attached hydrogen (secondary N) is 2. The average molecular weight is 327 g/mol. The molecule has 0 aromatic heterocycles. The number of carbonyl (C=O) groups excluding carboxylic acids is 1. The number of halogens is 1. The van der Waals surface area contributed by atoms with Crippen molar-refractivity contribution < 1.29 is 9.53 Å². The Morgan fingerprint density at radius 1 is 1.36 bits per heavy atom. The summed E-state index contributed by atoms with van der Waals surface area (Å²) in [7, 11) is 0. The van der Waals surface area contributed by atoms with Crippen molar-refractivity contribution in [3.63, 3.8) is 0 Å². The predicted octanol–water partition coefficient (Wildman–Crippen LogP) is 2.55. The molecule has 1 saturated heterocycles. The van der Waals surface area contributed by atoms with Crippen molar-refractivity contribution in [2.75, 3.05) is 19.7 Å². The summed E-state index contributed by atoms with van der Waals surface area (Å²) in [4.78, 5) is 12.0. The van der Waals surface area contributed by atoms with Gasteiger partial charge in [0.05, 0.1) is 6.61 Å². The van der Waals surface area contributed by atoms with Crippen LogP contribution in [0.15, 0.2) is 24.3 Å². The Bertz CT molecular complexity index is 450. The highest BCUT2D eigenvalue weighted by atomic mass is 35.5. The first kappa shape index (κ1) is 18.8. The minimum absolute atomic E-state index is 0. The topological polar surface area (TPSA) is 50.4 Å². The van der Waals surface area contributed by atoms with Crippen molar-refractivity contribution in [1.82, 2.24) is 10.6 Å². The van der Waals surface area contributed by atoms with E-state index in [1.54, 1.807) is 0 Å². The predicted molar refractivity (Wildman–Crippen MR) is 91.8 cm³/mol.